The third kappa shape index (κ3) is 2.64. The predicted octanol–water partition coefficient (Wildman–Crippen LogP) is 5.02. The zero-order valence-electron chi connectivity index (χ0n) is 10.7. The van der Waals surface area contributed by atoms with Crippen molar-refractivity contribution in [3.63, 3.8) is 0 Å². The van der Waals surface area contributed by atoms with Crippen molar-refractivity contribution < 1.29 is 9.90 Å². The number of hydrogen-bond donors (Lipinski definition) is 1. The molecule has 0 atom stereocenters. The summed E-state index contributed by atoms with van der Waals surface area (Å²) in [4.78, 5) is 16.0. The summed E-state index contributed by atoms with van der Waals surface area (Å²) >= 11 is 9.52. The lowest BCUT2D eigenvalue weighted by atomic mass is 10.0. The second kappa shape index (κ2) is 5.47. The van der Waals surface area contributed by atoms with E-state index >= 15 is 0 Å². The highest BCUT2D eigenvalue weighted by molar-refractivity contribution is 9.10. The van der Waals surface area contributed by atoms with Crippen molar-refractivity contribution in [2.45, 2.75) is 0 Å². The Bertz CT molecular complexity index is 864. The van der Waals surface area contributed by atoms with E-state index in [1.54, 1.807) is 24.3 Å². The molecule has 1 aromatic heterocycles. The fourth-order valence-corrected chi connectivity index (χ4v) is 2.78. The lowest BCUT2D eigenvalue weighted by Gasteiger charge is -2.08. The maximum absolute atomic E-state index is 11.5. The Hall–Kier alpha value is -1.91. The summed E-state index contributed by atoms with van der Waals surface area (Å²) in [6.07, 6.45) is 0. The second-order valence-electron chi connectivity index (χ2n) is 4.50. The molecule has 3 nitrogen and oxygen atoms in total. The first-order valence-electron chi connectivity index (χ1n) is 6.15. The number of aromatic carboxylic acids is 1. The van der Waals surface area contributed by atoms with Crippen LogP contribution in [0.2, 0.25) is 5.02 Å². The van der Waals surface area contributed by atoms with Crippen molar-refractivity contribution in [3.8, 4) is 11.3 Å². The van der Waals surface area contributed by atoms with Gasteiger partial charge in [-0.3, -0.25) is 0 Å². The SMILES string of the molecule is O=C(O)c1cc(-c2ccccc2Cl)nc2ccc(Br)cc12. The Balaban J connectivity index is 2.34. The molecule has 1 N–H and O–H groups in total. The molecular formula is C16H9BrClNO2. The molecule has 3 rings (SSSR count). The minimum Gasteiger partial charge on any atom is -0.478 e. The van der Waals surface area contributed by atoms with Crippen LogP contribution in [0.5, 0.6) is 0 Å². The van der Waals surface area contributed by atoms with Crippen LogP contribution >= 0.6 is 27.5 Å². The Kier molecular flexibility index (Phi) is 3.66. The highest BCUT2D eigenvalue weighted by Crippen LogP contribution is 2.30. The number of rotatable bonds is 2. The van der Waals surface area contributed by atoms with E-state index in [-0.39, 0.29) is 5.56 Å². The summed E-state index contributed by atoms with van der Waals surface area (Å²) in [6, 6.07) is 14.2. The van der Waals surface area contributed by atoms with Crippen LogP contribution in [0.3, 0.4) is 0 Å². The first kappa shape index (κ1) is 14.0. The number of aromatic nitrogens is 1. The first-order valence-corrected chi connectivity index (χ1v) is 7.32. The molecule has 104 valence electrons. The van der Waals surface area contributed by atoms with Crippen LogP contribution in [0.15, 0.2) is 53.0 Å². The number of fused-ring (bicyclic) bond motifs is 1. The smallest absolute Gasteiger partial charge is 0.336 e. The van der Waals surface area contributed by atoms with Gasteiger partial charge in [0.25, 0.3) is 0 Å². The maximum atomic E-state index is 11.5. The molecule has 0 aliphatic heterocycles. The molecule has 1 heterocycles. The van der Waals surface area contributed by atoms with Gasteiger partial charge in [-0.15, -0.1) is 0 Å². The molecule has 5 heteroatoms. The third-order valence-corrected chi connectivity index (χ3v) is 3.97. The summed E-state index contributed by atoms with van der Waals surface area (Å²) in [5, 5.41) is 10.6. The number of carboxylic acids is 1. The topological polar surface area (TPSA) is 50.2 Å². The van der Waals surface area contributed by atoms with Gasteiger partial charge in [0.1, 0.15) is 0 Å². The van der Waals surface area contributed by atoms with Crippen molar-refractivity contribution in [2.75, 3.05) is 0 Å². The van der Waals surface area contributed by atoms with Crippen molar-refractivity contribution >= 4 is 44.4 Å². The van der Waals surface area contributed by atoms with E-state index in [0.717, 1.165) is 4.47 Å². The largest absolute Gasteiger partial charge is 0.478 e. The second-order valence-corrected chi connectivity index (χ2v) is 5.82. The van der Waals surface area contributed by atoms with Crippen molar-refractivity contribution in [1.82, 2.24) is 4.98 Å². The van der Waals surface area contributed by atoms with Crippen LogP contribution in [0, 0.1) is 0 Å². The van der Waals surface area contributed by atoms with E-state index in [1.165, 1.54) is 0 Å². The maximum Gasteiger partial charge on any atom is 0.336 e. The quantitative estimate of drug-likeness (QED) is 0.696. The van der Waals surface area contributed by atoms with Gasteiger partial charge in [-0.1, -0.05) is 45.7 Å². The zero-order valence-corrected chi connectivity index (χ0v) is 13.0. The lowest BCUT2D eigenvalue weighted by molar-refractivity contribution is 0.0699. The van der Waals surface area contributed by atoms with Gasteiger partial charge in [0.2, 0.25) is 0 Å². The summed E-state index contributed by atoms with van der Waals surface area (Å²) in [7, 11) is 0. The molecule has 0 unspecified atom stereocenters. The fourth-order valence-electron chi connectivity index (χ4n) is 2.18. The van der Waals surface area contributed by atoms with Gasteiger partial charge < -0.3 is 5.11 Å². The Morgan fingerprint density at radius 1 is 1.14 bits per heavy atom. The molecule has 0 aliphatic carbocycles. The highest BCUT2D eigenvalue weighted by atomic mass is 79.9. The third-order valence-electron chi connectivity index (χ3n) is 3.15. The lowest BCUT2D eigenvalue weighted by Crippen LogP contribution is -2.00. The number of nitrogens with zero attached hydrogens (tertiary/aromatic N) is 1. The summed E-state index contributed by atoms with van der Waals surface area (Å²) < 4.78 is 0.810. The van der Waals surface area contributed by atoms with Gasteiger partial charge in [0.15, 0.2) is 0 Å². The van der Waals surface area contributed by atoms with Crippen LogP contribution in [-0.4, -0.2) is 16.1 Å². The van der Waals surface area contributed by atoms with E-state index in [4.69, 9.17) is 11.6 Å². The molecule has 21 heavy (non-hydrogen) atoms. The monoisotopic (exact) mass is 361 g/mol. The van der Waals surface area contributed by atoms with E-state index in [1.807, 2.05) is 24.3 Å². The Labute approximate surface area is 134 Å². The number of hydrogen-bond acceptors (Lipinski definition) is 2. The molecule has 2 aromatic carbocycles. The molecular weight excluding hydrogens is 354 g/mol. The zero-order chi connectivity index (χ0) is 15.0. The van der Waals surface area contributed by atoms with E-state index < -0.39 is 5.97 Å². The van der Waals surface area contributed by atoms with Crippen molar-refractivity contribution in [2.24, 2.45) is 0 Å². The molecule has 0 saturated carbocycles. The number of carboxylic acid groups (broad SMARTS) is 1. The van der Waals surface area contributed by atoms with Crippen LogP contribution in [-0.2, 0) is 0 Å². The number of carbonyl (C=O) groups is 1. The van der Waals surface area contributed by atoms with Crippen molar-refractivity contribution in [3.05, 3.63) is 63.6 Å². The molecule has 0 bridgehead atoms. The Morgan fingerprint density at radius 2 is 1.90 bits per heavy atom. The standard InChI is InChI=1S/C16H9BrClNO2/c17-9-5-6-14-11(7-9)12(16(20)21)8-15(19-14)10-3-1-2-4-13(10)18/h1-8H,(H,20,21). The van der Waals surface area contributed by atoms with E-state index in [2.05, 4.69) is 20.9 Å². The predicted molar refractivity (Wildman–Crippen MR) is 86.8 cm³/mol. The number of pyridine rings is 1. The molecule has 0 spiro atoms. The fraction of sp³-hybridized carbons (Fsp3) is 0. The average molecular weight is 363 g/mol. The van der Waals surface area contributed by atoms with Crippen LogP contribution in [0.1, 0.15) is 10.4 Å². The molecule has 3 aromatic rings. The van der Waals surface area contributed by atoms with Crippen molar-refractivity contribution in [1.29, 1.82) is 0 Å². The molecule has 0 radical (unpaired) electrons. The summed E-state index contributed by atoms with van der Waals surface area (Å²) in [5.41, 5.74) is 2.09. The minimum absolute atomic E-state index is 0.205. The molecule has 0 amide bonds. The summed E-state index contributed by atoms with van der Waals surface area (Å²) in [5.74, 6) is -0.992. The highest BCUT2D eigenvalue weighted by Gasteiger charge is 2.14. The van der Waals surface area contributed by atoms with Crippen LogP contribution < -0.4 is 0 Å². The van der Waals surface area contributed by atoms with E-state index in [0.29, 0.717) is 27.2 Å². The van der Waals surface area contributed by atoms with Gasteiger partial charge in [-0.2, -0.15) is 0 Å². The minimum atomic E-state index is -0.992. The molecule has 0 aliphatic rings. The van der Waals surface area contributed by atoms with Gasteiger partial charge in [0.05, 0.1) is 16.8 Å². The van der Waals surface area contributed by atoms with Crippen LogP contribution in [0.25, 0.3) is 22.2 Å². The number of benzene rings is 2. The first-order chi connectivity index (χ1) is 10.1. The normalized spacial score (nSPS) is 10.8. The van der Waals surface area contributed by atoms with Crippen LogP contribution in [0.4, 0.5) is 0 Å². The van der Waals surface area contributed by atoms with Gasteiger partial charge in [-0.25, -0.2) is 9.78 Å². The van der Waals surface area contributed by atoms with Gasteiger partial charge >= 0.3 is 5.97 Å². The van der Waals surface area contributed by atoms with Gasteiger partial charge in [-0.05, 0) is 30.3 Å². The van der Waals surface area contributed by atoms with Gasteiger partial charge in [0, 0.05) is 20.4 Å². The molecule has 0 fully saturated rings. The Morgan fingerprint density at radius 3 is 2.62 bits per heavy atom. The number of halogens is 2. The molecule has 0 saturated heterocycles. The summed E-state index contributed by atoms with van der Waals surface area (Å²) in [6.45, 7) is 0. The average Bonchev–Trinajstić information content (AvgIpc) is 2.46. The van der Waals surface area contributed by atoms with E-state index in [9.17, 15) is 9.90 Å².